The highest BCUT2D eigenvalue weighted by molar-refractivity contribution is 5.76. The third kappa shape index (κ3) is 9.97. The zero-order valence-electron chi connectivity index (χ0n) is 18.4. The Balaban J connectivity index is 1.78. The van der Waals surface area contributed by atoms with E-state index in [1.54, 1.807) is 17.0 Å². The van der Waals surface area contributed by atoms with Crippen LogP contribution in [0.2, 0.25) is 0 Å². The van der Waals surface area contributed by atoms with Gasteiger partial charge in [0.25, 0.3) is 0 Å². The Morgan fingerprint density at radius 1 is 1.12 bits per heavy atom. The number of nitrogens with one attached hydrogen (secondary N) is 2. The molecular formula is C23H32FN5O3. The van der Waals surface area contributed by atoms with Crippen LogP contribution in [0.25, 0.3) is 0 Å². The molecule has 0 bridgehead atoms. The van der Waals surface area contributed by atoms with Crippen molar-refractivity contribution in [1.29, 1.82) is 0 Å². The first-order valence-electron chi connectivity index (χ1n) is 10.5. The van der Waals surface area contributed by atoms with E-state index in [1.807, 2.05) is 42.4 Å². The number of hydrogen-bond donors (Lipinski definition) is 3. The van der Waals surface area contributed by atoms with E-state index >= 15 is 0 Å². The molecule has 0 aliphatic carbocycles. The Kier molecular flexibility index (Phi) is 11.3. The van der Waals surface area contributed by atoms with Gasteiger partial charge in [0.05, 0.1) is 25.9 Å². The first-order valence-corrected chi connectivity index (χ1v) is 10.5. The lowest BCUT2D eigenvalue weighted by atomic mass is 10.2. The number of hydrogen-bond acceptors (Lipinski definition) is 6. The van der Waals surface area contributed by atoms with E-state index in [2.05, 4.69) is 10.7 Å². The van der Waals surface area contributed by atoms with Crippen molar-refractivity contribution >= 4 is 12.3 Å². The van der Waals surface area contributed by atoms with E-state index in [9.17, 15) is 14.0 Å². The Bertz CT molecular complexity index is 807. The zero-order valence-corrected chi connectivity index (χ0v) is 18.4. The lowest BCUT2D eigenvalue weighted by Gasteiger charge is -2.27. The van der Waals surface area contributed by atoms with Crippen molar-refractivity contribution in [3.63, 3.8) is 0 Å². The average molecular weight is 446 g/mol. The number of halogens is 1. The van der Waals surface area contributed by atoms with Crippen molar-refractivity contribution in [3.8, 4) is 0 Å². The SMILES string of the molecule is CN(CCC(=O)N(CCOCc1ccc(F)cc1)CC(N)NC=O)NCc1ccccc1. The Morgan fingerprint density at radius 3 is 2.53 bits per heavy atom. The largest absolute Gasteiger partial charge is 0.375 e. The molecule has 9 heteroatoms. The van der Waals surface area contributed by atoms with E-state index < -0.39 is 6.17 Å². The second-order valence-corrected chi connectivity index (χ2v) is 7.40. The minimum absolute atomic E-state index is 0.0908. The predicted octanol–water partition coefficient (Wildman–Crippen LogP) is 1.23. The van der Waals surface area contributed by atoms with Crippen LogP contribution in [-0.4, -0.2) is 61.7 Å². The standard InChI is InChI=1S/C23H32FN5O3/c1-28(27-15-19-5-3-2-4-6-19)12-11-23(31)29(16-22(25)26-18-30)13-14-32-17-20-7-9-21(24)10-8-20/h2-10,18,22,27H,11-17,25H2,1H3,(H,26,30). The van der Waals surface area contributed by atoms with E-state index in [0.717, 1.165) is 11.1 Å². The Morgan fingerprint density at radius 2 is 1.84 bits per heavy atom. The lowest BCUT2D eigenvalue weighted by Crippen LogP contribution is -2.49. The molecule has 1 atom stereocenters. The van der Waals surface area contributed by atoms with Gasteiger partial charge in [0.2, 0.25) is 12.3 Å². The van der Waals surface area contributed by atoms with Gasteiger partial charge in [-0.05, 0) is 23.3 Å². The van der Waals surface area contributed by atoms with Gasteiger partial charge in [0, 0.05) is 33.1 Å². The number of rotatable bonds is 15. The summed E-state index contributed by atoms with van der Waals surface area (Å²) in [6.07, 6.45) is 0.131. The fraction of sp³-hybridized carbons (Fsp3) is 0.391. The van der Waals surface area contributed by atoms with Gasteiger partial charge in [-0.1, -0.05) is 42.5 Å². The number of amides is 2. The molecule has 4 N–H and O–H groups in total. The summed E-state index contributed by atoms with van der Waals surface area (Å²) in [7, 11) is 1.88. The number of carbonyl (C=O) groups excluding carboxylic acids is 2. The number of benzene rings is 2. The topological polar surface area (TPSA) is 99.9 Å². The lowest BCUT2D eigenvalue weighted by molar-refractivity contribution is -0.133. The molecule has 0 saturated heterocycles. The number of ether oxygens (including phenoxy) is 1. The maximum atomic E-state index is 13.0. The van der Waals surface area contributed by atoms with E-state index in [-0.39, 0.29) is 24.7 Å². The highest BCUT2D eigenvalue weighted by Crippen LogP contribution is 2.05. The molecule has 0 saturated carbocycles. The van der Waals surface area contributed by atoms with Crippen LogP contribution in [0.3, 0.4) is 0 Å². The van der Waals surface area contributed by atoms with Crippen LogP contribution in [0.5, 0.6) is 0 Å². The second-order valence-electron chi connectivity index (χ2n) is 7.40. The van der Waals surface area contributed by atoms with Crippen molar-refractivity contribution in [3.05, 3.63) is 71.5 Å². The average Bonchev–Trinajstić information content (AvgIpc) is 2.80. The summed E-state index contributed by atoms with van der Waals surface area (Å²) < 4.78 is 18.6. The number of hydrazine groups is 1. The third-order valence-corrected chi connectivity index (χ3v) is 4.80. The monoisotopic (exact) mass is 445 g/mol. The molecule has 1 unspecified atom stereocenters. The van der Waals surface area contributed by atoms with Crippen LogP contribution < -0.4 is 16.5 Å². The smallest absolute Gasteiger partial charge is 0.224 e. The second kappa shape index (κ2) is 14.3. The van der Waals surface area contributed by atoms with Gasteiger partial charge in [0.1, 0.15) is 5.82 Å². The summed E-state index contributed by atoms with van der Waals surface area (Å²) in [5, 5.41) is 4.33. The third-order valence-electron chi connectivity index (χ3n) is 4.80. The van der Waals surface area contributed by atoms with Crippen LogP contribution >= 0.6 is 0 Å². The van der Waals surface area contributed by atoms with Crippen molar-refractivity contribution in [2.24, 2.45) is 5.73 Å². The van der Waals surface area contributed by atoms with Gasteiger partial charge in [-0.25, -0.2) is 9.40 Å². The summed E-state index contributed by atoms with van der Waals surface area (Å²) in [5.74, 6) is -0.391. The van der Waals surface area contributed by atoms with Gasteiger partial charge < -0.3 is 20.7 Å². The molecule has 0 spiro atoms. The Labute approximate surface area is 188 Å². The van der Waals surface area contributed by atoms with Gasteiger partial charge in [-0.3, -0.25) is 15.0 Å². The summed E-state index contributed by atoms with van der Waals surface area (Å²) >= 11 is 0. The molecule has 0 radical (unpaired) electrons. The van der Waals surface area contributed by atoms with Crippen LogP contribution in [0, 0.1) is 5.82 Å². The van der Waals surface area contributed by atoms with Gasteiger partial charge in [0.15, 0.2) is 0 Å². The van der Waals surface area contributed by atoms with Crippen molar-refractivity contribution < 1.29 is 18.7 Å². The predicted molar refractivity (Wildman–Crippen MR) is 120 cm³/mol. The van der Waals surface area contributed by atoms with E-state index in [1.165, 1.54) is 12.1 Å². The molecule has 0 heterocycles. The molecule has 32 heavy (non-hydrogen) atoms. The van der Waals surface area contributed by atoms with Crippen LogP contribution in [0.1, 0.15) is 17.5 Å². The van der Waals surface area contributed by atoms with Gasteiger partial charge in [-0.2, -0.15) is 0 Å². The fourth-order valence-electron chi connectivity index (χ4n) is 2.96. The van der Waals surface area contributed by atoms with E-state index in [0.29, 0.717) is 39.3 Å². The molecule has 2 rings (SSSR count). The normalized spacial score (nSPS) is 11.9. The van der Waals surface area contributed by atoms with Gasteiger partial charge >= 0.3 is 0 Å². The zero-order chi connectivity index (χ0) is 23.2. The van der Waals surface area contributed by atoms with Crippen molar-refractivity contribution in [1.82, 2.24) is 20.7 Å². The van der Waals surface area contributed by atoms with E-state index in [4.69, 9.17) is 10.5 Å². The van der Waals surface area contributed by atoms with Gasteiger partial charge in [-0.15, -0.1) is 0 Å². The molecule has 174 valence electrons. The Hall–Kier alpha value is -2.85. The molecule has 0 aromatic heterocycles. The molecule has 2 aromatic rings. The van der Waals surface area contributed by atoms with Crippen LogP contribution in [0.15, 0.2) is 54.6 Å². The van der Waals surface area contributed by atoms with Crippen LogP contribution in [0.4, 0.5) is 4.39 Å². The first-order chi connectivity index (χ1) is 15.5. The highest BCUT2D eigenvalue weighted by Gasteiger charge is 2.17. The fourth-order valence-corrected chi connectivity index (χ4v) is 2.96. The number of nitrogens with two attached hydrogens (primary N) is 1. The maximum Gasteiger partial charge on any atom is 0.224 e. The quantitative estimate of drug-likeness (QED) is 0.165. The highest BCUT2D eigenvalue weighted by atomic mass is 19.1. The van der Waals surface area contributed by atoms with Crippen molar-refractivity contribution in [2.75, 3.05) is 33.3 Å². The van der Waals surface area contributed by atoms with Crippen molar-refractivity contribution in [2.45, 2.75) is 25.7 Å². The number of nitrogens with zero attached hydrogens (tertiary/aromatic N) is 2. The van der Waals surface area contributed by atoms with Crippen LogP contribution in [-0.2, 0) is 27.5 Å². The molecule has 0 aliphatic heterocycles. The first kappa shape index (κ1) is 25.4. The summed E-state index contributed by atoms with van der Waals surface area (Å²) in [6.45, 7) is 2.29. The summed E-state index contributed by atoms with van der Waals surface area (Å²) in [4.78, 5) is 25.0. The summed E-state index contributed by atoms with van der Waals surface area (Å²) in [6, 6.07) is 16.0. The molecule has 8 nitrogen and oxygen atoms in total. The number of carbonyl (C=O) groups is 2. The minimum atomic E-state index is -0.664. The minimum Gasteiger partial charge on any atom is -0.375 e. The molecular weight excluding hydrogens is 413 g/mol. The molecule has 2 amide bonds. The molecule has 0 aliphatic rings. The molecule has 2 aromatic carbocycles. The summed E-state index contributed by atoms with van der Waals surface area (Å²) in [5.41, 5.74) is 11.1. The maximum absolute atomic E-state index is 13.0. The molecule has 0 fully saturated rings.